The van der Waals surface area contributed by atoms with Crippen molar-refractivity contribution in [3.8, 4) is 0 Å². The number of likely N-dealkylation sites (N-methyl/N-ethyl adjacent to an activating group) is 1. The molecule has 2 atom stereocenters. The summed E-state index contributed by atoms with van der Waals surface area (Å²) in [4.78, 5) is 13.8. The lowest BCUT2D eigenvalue weighted by Crippen LogP contribution is -2.36. The lowest BCUT2D eigenvalue weighted by atomic mass is 10.2. The molecule has 4 nitrogen and oxygen atoms in total. The first-order valence-electron chi connectivity index (χ1n) is 5.82. The Bertz CT molecular complexity index is 367. The quantitative estimate of drug-likeness (QED) is 0.878. The summed E-state index contributed by atoms with van der Waals surface area (Å²) in [5, 5.41) is 4.08. The lowest BCUT2D eigenvalue weighted by molar-refractivity contribution is -0.141. The summed E-state index contributed by atoms with van der Waals surface area (Å²) in [6, 6.07) is 2.03. The van der Waals surface area contributed by atoms with Crippen LogP contribution in [0.15, 0.2) is 16.8 Å². The van der Waals surface area contributed by atoms with Crippen LogP contribution >= 0.6 is 11.3 Å². The first kappa shape index (κ1) is 12.5. The standard InChI is InChI=1S/C12H18N2O2S/c1-14(7-9-4-5-17-8-9)12(15)11-3-2-10(6-13)16-11/h4-5,8,10-11H,2-3,6-7,13H2,1H3. The van der Waals surface area contributed by atoms with Gasteiger partial charge in [0.05, 0.1) is 6.10 Å². The number of hydrogen-bond acceptors (Lipinski definition) is 4. The van der Waals surface area contributed by atoms with E-state index in [1.165, 1.54) is 5.56 Å². The van der Waals surface area contributed by atoms with Crippen LogP contribution in [0.2, 0.25) is 0 Å². The molecule has 0 aromatic carbocycles. The molecule has 17 heavy (non-hydrogen) atoms. The second-order valence-corrected chi connectivity index (χ2v) is 5.17. The van der Waals surface area contributed by atoms with Crippen molar-refractivity contribution in [1.29, 1.82) is 0 Å². The van der Waals surface area contributed by atoms with Crippen LogP contribution in [0.4, 0.5) is 0 Å². The van der Waals surface area contributed by atoms with Crippen molar-refractivity contribution in [3.05, 3.63) is 22.4 Å². The Hall–Kier alpha value is -0.910. The van der Waals surface area contributed by atoms with Gasteiger partial charge < -0.3 is 15.4 Å². The van der Waals surface area contributed by atoms with Crippen LogP contribution in [0.1, 0.15) is 18.4 Å². The van der Waals surface area contributed by atoms with Crippen LogP contribution in [0, 0.1) is 0 Å². The average Bonchev–Trinajstić information content (AvgIpc) is 2.98. The molecule has 0 radical (unpaired) electrons. The van der Waals surface area contributed by atoms with E-state index in [-0.39, 0.29) is 18.1 Å². The molecule has 0 saturated carbocycles. The van der Waals surface area contributed by atoms with Crippen molar-refractivity contribution < 1.29 is 9.53 Å². The molecule has 1 aromatic heterocycles. The molecule has 2 heterocycles. The highest BCUT2D eigenvalue weighted by atomic mass is 32.1. The van der Waals surface area contributed by atoms with Gasteiger partial charge in [0, 0.05) is 20.1 Å². The summed E-state index contributed by atoms with van der Waals surface area (Å²) in [6.45, 7) is 1.15. The van der Waals surface area contributed by atoms with Crippen LogP contribution < -0.4 is 5.73 Å². The average molecular weight is 254 g/mol. The van der Waals surface area contributed by atoms with Crippen molar-refractivity contribution in [2.24, 2.45) is 5.73 Å². The molecule has 1 aliphatic rings. The highest BCUT2D eigenvalue weighted by Crippen LogP contribution is 2.21. The summed E-state index contributed by atoms with van der Waals surface area (Å²) in [5.74, 6) is 0.0622. The molecule has 1 aliphatic heterocycles. The van der Waals surface area contributed by atoms with Crippen molar-refractivity contribution in [2.75, 3.05) is 13.6 Å². The fourth-order valence-corrected chi connectivity index (χ4v) is 2.70. The summed E-state index contributed by atoms with van der Waals surface area (Å²) >= 11 is 1.64. The van der Waals surface area contributed by atoms with E-state index in [9.17, 15) is 4.79 Å². The smallest absolute Gasteiger partial charge is 0.251 e. The third-order valence-corrected chi connectivity index (χ3v) is 3.75. The van der Waals surface area contributed by atoms with Crippen molar-refractivity contribution >= 4 is 17.2 Å². The molecule has 1 amide bonds. The zero-order valence-corrected chi connectivity index (χ0v) is 10.8. The number of carbonyl (C=O) groups is 1. The largest absolute Gasteiger partial charge is 0.364 e. The molecule has 1 aromatic rings. The van der Waals surface area contributed by atoms with Gasteiger partial charge in [-0.3, -0.25) is 4.79 Å². The molecule has 94 valence electrons. The minimum Gasteiger partial charge on any atom is -0.364 e. The fourth-order valence-electron chi connectivity index (χ4n) is 2.04. The second kappa shape index (κ2) is 5.62. The van der Waals surface area contributed by atoms with E-state index in [4.69, 9.17) is 10.5 Å². The Morgan fingerprint density at radius 1 is 1.65 bits per heavy atom. The normalized spacial score (nSPS) is 23.9. The summed E-state index contributed by atoms with van der Waals surface area (Å²) < 4.78 is 5.60. The first-order chi connectivity index (χ1) is 8.20. The minimum atomic E-state index is -0.299. The number of amides is 1. The predicted molar refractivity (Wildman–Crippen MR) is 67.7 cm³/mol. The van der Waals surface area contributed by atoms with Crippen molar-refractivity contribution in [2.45, 2.75) is 31.6 Å². The van der Waals surface area contributed by atoms with Crippen molar-refractivity contribution in [1.82, 2.24) is 4.90 Å². The Labute approximate surface area is 105 Å². The number of carbonyl (C=O) groups excluding carboxylic acids is 1. The number of ether oxygens (including phenoxy) is 1. The van der Waals surface area contributed by atoms with Gasteiger partial charge in [0.2, 0.25) is 0 Å². The van der Waals surface area contributed by atoms with Gasteiger partial charge in [0.1, 0.15) is 6.10 Å². The van der Waals surface area contributed by atoms with Gasteiger partial charge in [-0.25, -0.2) is 0 Å². The predicted octanol–water partition coefficient (Wildman–Crippen LogP) is 1.21. The van der Waals surface area contributed by atoms with Gasteiger partial charge in [-0.15, -0.1) is 0 Å². The molecule has 0 spiro atoms. The maximum atomic E-state index is 12.1. The van der Waals surface area contributed by atoms with E-state index in [0.29, 0.717) is 13.1 Å². The third kappa shape index (κ3) is 3.06. The molecule has 1 fully saturated rings. The van der Waals surface area contributed by atoms with E-state index in [1.807, 2.05) is 18.5 Å². The van der Waals surface area contributed by atoms with Gasteiger partial charge in [-0.05, 0) is 35.2 Å². The molecule has 2 N–H and O–H groups in total. The number of thiophene rings is 1. The van der Waals surface area contributed by atoms with E-state index >= 15 is 0 Å². The number of nitrogens with zero attached hydrogens (tertiary/aromatic N) is 1. The molecule has 0 aliphatic carbocycles. The maximum absolute atomic E-state index is 12.1. The maximum Gasteiger partial charge on any atom is 0.251 e. The van der Waals surface area contributed by atoms with Gasteiger partial charge in [0.25, 0.3) is 5.91 Å². The van der Waals surface area contributed by atoms with Gasteiger partial charge in [-0.1, -0.05) is 0 Å². The zero-order valence-electron chi connectivity index (χ0n) is 9.96. The minimum absolute atomic E-state index is 0.0542. The second-order valence-electron chi connectivity index (χ2n) is 4.39. The van der Waals surface area contributed by atoms with Gasteiger partial charge >= 0.3 is 0 Å². The van der Waals surface area contributed by atoms with Gasteiger partial charge in [-0.2, -0.15) is 11.3 Å². The zero-order chi connectivity index (χ0) is 12.3. The summed E-state index contributed by atoms with van der Waals surface area (Å²) in [5.41, 5.74) is 6.70. The molecule has 2 unspecified atom stereocenters. The highest BCUT2D eigenvalue weighted by Gasteiger charge is 2.31. The van der Waals surface area contributed by atoms with Crippen LogP contribution in [0.5, 0.6) is 0 Å². The SMILES string of the molecule is CN(Cc1ccsc1)C(=O)C1CCC(CN)O1. The first-order valence-corrected chi connectivity index (χ1v) is 6.76. The molecule has 1 saturated heterocycles. The Kier molecular flexibility index (Phi) is 4.15. The monoisotopic (exact) mass is 254 g/mol. The molecular weight excluding hydrogens is 236 g/mol. The van der Waals surface area contributed by atoms with Crippen LogP contribution in [-0.4, -0.2) is 36.6 Å². The molecular formula is C12H18N2O2S. The van der Waals surface area contributed by atoms with E-state index in [1.54, 1.807) is 16.2 Å². The van der Waals surface area contributed by atoms with Crippen LogP contribution in [-0.2, 0) is 16.1 Å². The number of nitrogens with two attached hydrogens (primary N) is 1. The van der Waals surface area contributed by atoms with Crippen LogP contribution in [0.25, 0.3) is 0 Å². The number of hydrogen-bond donors (Lipinski definition) is 1. The summed E-state index contributed by atoms with van der Waals surface area (Å²) in [7, 11) is 1.82. The highest BCUT2D eigenvalue weighted by molar-refractivity contribution is 7.07. The topological polar surface area (TPSA) is 55.6 Å². The van der Waals surface area contributed by atoms with Crippen LogP contribution in [0.3, 0.4) is 0 Å². The van der Waals surface area contributed by atoms with E-state index < -0.39 is 0 Å². The van der Waals surface area contributed by atoms with E-state index in [2.05, 4.69) is 5.38 Å². The summed E-state index contributed by atoms with van der Waals surface area (Å²) in [6.07, 6.45) is 1.43. The lowest BCUT2D eigenvalue weighted by Gasteiger charge is -2.20. The Balaban J connectivity index is 1.87. The molecule has 5 heteroatoms. The Morgan fingerprint density at radius 2 is 2.47 bits per heavy atom. The molecule has 0 bridgehead atoms. The number of rotatable bonds is 4. The van der Waals surface area contributed by atoms with E-state index in [0.717, 1.165) is 12.8 Å². The third-order valence-electron chi connectivity index (χ3n) is 3.02. The van der Waals surface area contributed by atoms with Gasteiger partial charge in [0.15, 0.2) is 0 Å². The fraction of sp³-hybridized carbons (Fsp3) is 0.583. The molecule has 2 rings (SSSR count). The Morgan fingerprint density at radius 3 is 3.06 bits per heavy atom. The van der Waals surface area contributed by atoms with Crippen molar-refractivity contribution in [3.63, 3.8) is 0 Å².